The molecule has 0 fully saturated rings. The molecule has 0 heterocycles. The zero-order valence-electron chi connectivity index (χ0n) is 29.3. The van der Waals surface area contributed by atoms with Gasteiger partial charge in [0.25, 0.3) is 0 Å². The highest BCUT2D eigenvalue weighted by Crippen LogP contribution is 2.62. The molecule has 0 atom stereocenters. The lowest BCUT2D eigenvalue weighted by molar-refractivity contribution is -0.427. The van der Waals surface area contributed by atoms with Crippen LogP contribution in [0.1, 0.15) is 72.1 Å². The number of rotatable bonds is 26. The summed E-state index contributed by atoms with van der Waals surface area (Å²) in [4.78, 5) is 36.9. The maximum Gasteiger partial charge on any atom is 0.384 e. The minimum atomic E-state index is -7.94. The van der Waals surface area contributed by atoms with E-state index >= 15 is 17.6 Å². The summed E-state index contributed by atoms with van der Waals surface area (Å²) in [6, 6.07) is 0. The molecule has 0 aromatic carbocycles. The second-order valence-electron chi connectivity index (χ2n) is 12.9. The molecule has 0 aromatic heterocycles. The molecular formula is C33H44F12O8. The summed E-state index contributed by atoms with van der Waals surface area (Å²) in [6.45, 7) is 6.49. The van der Waals surface area contributed by atoms with Gasteiger partial charge < -0.3 is 24.4 Å². The third-order valence-corrected chi connectivity index (χ3v) is 7.86. The highest BCUT2D eigenvalue weighted by atomic mass is 19.4. The number of esters is 3. The van der Waals surface area contributed by atoms with Crippen molar-refractivity contribution in [2.24, 2.45) is 11.3 Å². The number of carbonyl (C=O) groups is 3. The molecule has 0 rings (SSSR count). The summed E-state index contributed by atoms with van der Waals surface area (Å²) in [5, 5.41) is 18.4. The topological polar surface area (TPSA) is 119 Å². The number of aliphatic hydroxyl groups is 2. The number of hydrogen-bond donors (Lipinski definition) is 2. The maximum atomic E-state index is 15.5. The summed E-state index contributed by atoms with van der Waals surface area (Å²) in [6.07, 6.45) is -5.91. The SMILES string of the molecule is C=C(C)C(=O)OCC(COC(=O)C(=C)C)(COC(=O)C(=C)CC(CO)CO)CC(F)(F)C(F)(F)C(F)(F)C(F)(F)C(F)(F)C(F)(F)CCCCCCC. The normalized spacial score (nSPS) is 13.5. The summed E-state index contributed by atoms with van der Waals surface area (Å²) in [5.74, 6) is -49.1. The van der Waals surface area contributed by atoms with Crippen molar-refractivity contribution in [3.05, 3.63) is 36.5 Å². The molecule has 0 saturated carbocycles. The van der Waals surface area contributed by atoms with Crippen molar-refractivity contribution < 1.29 is 91.5 Å². The molecule has 0 saturated heterocycles. The van der Waals surface area contributed by atoms with Crippen molar-refractivity contribution in [3.63, 3.8) is 0 Å². The first-order chi connectivity index (χ1) is 24.0. The van der Waals surface area contributed by atoms with E-state index in [9.17, 15) is 59.7 Å². The summed E-state index contributed by atoms with van der Waals surface area (Å²) >= 11 is 0. The van der Waals surface area contributed by atoms with Crippen LogP contribution in [0.2, 0.25) is 0 Å². The van der Waals surface area contributed by atoms with E-state index < -0.39 is 140 Å². The van der Waals surface area contributed by atoms with E-state index in [2.05, 4.69) is 29.2 Å². The molecule has 0 bridgehead atoms. The van der Waals surface area contributed by atoms with E-state index in [-0.39, 0.29) is 12.8 Å². The molecular weight excluding hydrogens is 752 g/mol. The zero-order valence-corrected chi connectivity index (χ0v) is 29.3. The Bertz CT molecular complexity index is 1270. The number of alkyl halides is 12. The lowest BCUT2D eigenvalue weighted by atomic mass is 9.79. The van der Waals surface area contributed by atoms with Gasteiger partial charge in [0.2, 0.25) is 0 Å². The smallest absolute Gasteiger partial charge is 0.384 e. The summed E-state index contributed by atoms with van der Waals surface area (Å²) in [5.41, 5.74) is -4.94. The van der Waals surface area contributed by atoms with Gasteiger partial charge in [-0.1, -0.05) is 52.3 Å². The Kier molecular flexibility index (Phi) is 18.1. The molecule has 308 valence electrons. The Morgan fingerprint density at radius 1 is 0.585 bits per heavy atom. The zero-order chi connectivity index (χ0) is 41.9. The van der Waals surface area contributed by atoms with Gasteiger partial charge in [-0.3, -0.25) is 0 Å². The number of carbonyl (C=O) groups excluding carboxylic acids is 3. The Labute approximate surface area is 298 Å². The van der Waals surface area contributed by atoms with Crippen LogP contribution in [0.4, 0.5) is 52.7 Å². The third kappa shape index (κ3) is 12.1. The first-order valence-corrected chi connectivity index (χ1v) is 16.0. The molecule has 0 spiro atoms. The largest absolute Gasteiger partial charge is 0.461 e. The van der Waals surface area contributed by atoms with Crippen LogP contribution < -0.4 is 0 Å². The van der Waals surface area contributed by atoms with Gasteiger partial charge in [0, 0.05) is 48.7 Å². The van der Waals surface area contributed by atoms with Gasteiger partial charge >= 0.3 is 53.4 Å². The quantitative estimate of drug-likeness (QED) is 0.0299. The predicted molar refractivity (Wildman–Crippen MR) is 164 cm³/mol. The van der Waals surface area contributed by atoms with Crippen LogP contribution in [0.3, 0.4) is 0 Å². The minimum Gasteiger partial charge on any atom is -0.461 e. The molecule has 0 aliphatic carbocycles. The van der Waals surface area contributed by atoms with E-state index in [4.69, 9.17) is 4.74 Å². The van der Waals surface area contributed by atoms with Crippen LogP contribution in [0.5, 0.6) is 0 Å². The van der Waals surface area contributed by atoms with Crippen LogP contribution in [-0.2, 0) is 28.6 Å². The molecule has 53 heavy (non-hydrogen) atoms. The lowest BCUT2D eigenvalue weighted by Crippen LogP contribution is -2.71. The average Bonchev–Trinajstić information content (AvgIpc) is 3.06. The van der Waals surface area contributed by atoms with Crippen molar-refractivity contribution in [3.8, 4) is 0 Å². The van der Waals surface area contributed by atoms with Crippen LogP contribution in [0.25, 0.3) is 0 Å². The molecule has 0 unspecified atom stereocenters. The number of halogens is 12. The predicted octanol–water partition coefficient (Wildman–Crippen LogP) is 7.86. The van der Waals surface area contributed by atoms with E-state index in [0.717, 1.165) is 13.8 Å². The van der Waals surface area contributed by atoms with Gasteiger partial charge in [-0.2, -0.15) is 52.7 Å². The Morgan fingerprint density at radius 3 is 1.34 bits per heavy atom. The first kappa shape index (κ1) is 49.7. The van der Waals surface area contributed by atoms with Gasteiger partial charge in [0.1, 0.15) is 19.8 Å². The second kappa shape index (κ2) is 19.3. The van der Waals surface area contributed by atoms with Crippen molar-refractivity contribution in [1.29, 1.82) is 0 Å². The number of aliphatic hydroxyl groups excluding tert-OH is 2. The third-order valence-electron chi connectivity index (χ3n) is 7.86. The van der Waals surface area contributed by atoms with Crippen molar-refractivity contribution in [1.82, 2.24) is 0 Å². The molecule has 0 aliphatic heterocycles. The molecule has 2 N–H and O–H groups in total. The first-order valence-electron chi connectivity index (χ1n) is 16.0. The summed E-state index contributed by atoms with van der Waals surface area (Å²) < 4.78 is 192. The molecule has 8 nitrogen and oxygen atoms in total. The van der Waals surface area contributed by atoms with Crippen LogP contribution >= 0.6 is 0 Å². The molecule has 0 aromatic rings. The van der Waals surface area contributed by atoms with Gasteiger partial charge in [-0.05, 0) is 26.7 Å². The van der Waals surface area contributed by atoms with E-state index in [0.29, 0.717) is 12.8 Å². The molecule has 0 radical (unpaired) electrons. The minimum absolute atomic E-state index is 0.134. The van der Waals surface area contributed by atoms with Crippen LogP contribution in [-0.4, -0.2) is 96.7 Å². The molecule has 0 aliphatic rings. The van der Waals surface area contributed by atoms with Crippen molar-refractivity contribution >= 4 is 17.9 Å². The molecule has 20 heteroatoms. The van der Waals surface area contributed by atoms with Gasteiger partial charge in [-0.15, -0.1) is 0 Å². The van der Waals surface area contributed by atoms with E-state index in [1.54, 1.807) is 6.92 Å². The maximum absolute atomic E-state index is 15.5. The number of ether oxygens (including phenoxy) is 3. The Hall–Kier alpha value is -3.29. The Balaban J connectivity index is 7.10. The van der Waals surface area contributed by atoms with E-state index in [1.165, 1.54) is 0 Å². The fraction of sp³-hybridized carbons (Fsp3) is 0.727. The van der Waals surface area contributed by atoms with E-state index in [1.807, 2.05) is 0 Å². The number of unbranched alkanes of at least 4 members (excludes halogenated alkanes) is 4. The average molecular weight is 797 g/mol. The lowest BCUT2D eigenvalue weighted by Gasteiger charge is -2.43. The highest BCUT2D eigenvalue weighted by molar-refractivity contribution is 5.88. The Morgan fingerprint density at radius 2 is 0.962 bits per heavy atom. The number of hydrogen-bond acceptors (Lipinski definition) is 8. The highest BCUT2D eigenvalue weighted by Gasteiger charge is 2.90. The standard InChI is InChI=1S/C33H44F12O8/c1-7-8-9-10-11-12-28(34,35)30(38,39)32(42,43)33(44,45)31(40,41)29(36,37)16-27(17-51-24(48)20(2)3,18-52-25(49)21(4)5)19-53-26(50)22(6)13-23(14-46)15-47/h23,46-47H,2,4,6-19H2,1,3,5H3. The van der Waals surface area contributed by atoms with Crippen LogP contribution in [0, 0.1) is 11.3 Å². The van der Waals surface area contributed by atoms with Crippen molar-refractivity contribution in [2.75, 3.05) is 33.0 Å². The van der Waals surface area contributed by atoms with Crippen LogP contribution in [0.15, 0.2) is 36.5 Å². The fourth-order valence-electron chi connectivity index (χ4n) is 4.44. The summed E-state index contributed by atoms with van der Waals surface area (Å²) in [7, 11) is 0. The van der Waals surface area contributed by atoms with Gasteiger partial charge in [-0.25, -0.2) is 14.4 Å². The van der Waals surface area contributed by atoms with Crippen molar-refractivity contribution in [2.45, 2.75) is 108 Å². The van der Waals surface area contributed by atoms with Gasteiger partial charge in [0.15, 0.2) is 0 Å². The van der Waals surface area contributed by atoms with Gasteiger partial charge in [0.05, 0.1) is 5.41 Å². The monoisotopic (exact) mass is 796 g/mol. The fourth-order valence-corrected chi connectivity index (χ4v) is 4.44. The molecule has 0 amide bonds. The second-order valence-corrected chi connectivity index (χ2v) is 12.9.